The standard InChI is InChI=1S/C26H24N4O4S/c1-2-14-29-22-13-10-19(28-25(34)27-18-6-4-3-5-7-18)16-21(22)24(33)30(26(29)35)20-11-8-17(9-12-20)15-23(31)32/h3-13,16H,2,14-15H2,1H3,(H,31,32)(H2,27,28,34). The van der Waals surface area contributed by atoms with Gasteiger partial charge < -0.3 is 20.3 Å². The molecular formula is C26H24N4O4S. The molecule has 1 heterocycles. The van der Waals surface area contributed by atoms with Crippen LogP contribution in [-0.4, -0.2) is 26.2 Å². The van der Waals surface area contributed by atoms with Gasteiger partial charge in [0.05, 0.1) is 23.0 Å². The minimum Gasteiger partial charge on any atom is -0.481 e. The fourth-order valence-electron chi connectivity index (χ4n) is 3.87. The van der Waals surface area contributed by atoms with Gasteiger partial charge in [-0.2, -0.15) is 0 Å². The van der Waals surface area contributed by atoms with Crippen molar-refractivity contribution in [1.29, 1.82) is 0 Å². The van der Waals surface area contributed by atoms with Gasteiger partial charge in [-0.25, -0.2) is 4.79 Å². The number of rotatable bonds is 7. The van der Waals surface area contributed by atoms with Gasteiger partial charge >= 0.3 is 12.0 Å². The second-order valence-electron chi connectivity index (χ2n) is 7.99. The second kappa shape index (κ2) is 10.4. The molecule has 35 heavy (non-hydrogen) atoms. The number of aliphatic carboxylic acids is 1. The molecule has 0 atom stereocenters. The Balaban J connectivity index is 1.76. The summed E-state index contributed by atoms with van der Waals surface area (Å²) < 4.78 is 3.68. The predicted octanol–water partition coefficient (Wildman–Crippen LogP) is 5.20. The lowest BCUT2D eigenvalue weighted by atomic mass is 10.1. The largest absolute Gasteiger partial charge is 0.481 e. The molecule has 0 aliphatic heterocycles. The maximum absolute atomic E-state index is 13.6. The van der Waals surface area contributed by atoms with E-state index in [0.29, 0.717) is 44.8 Å². The number of aryl methyl sites for hydroxylation is 1. The Hall–Kier alpha value is -4.24. The number of anilines is 2. The fourth-order valence-corrected chi connectivity index (χ4v) is 4.25. The first kappa shape index (κ1) is 23.9. The van der Waals surface area contributed by atoms with Gasteiger partial charge in [-0.15, -0.1) is 0 Å². The Labute approximate surface area is 206 Å². The highest BCUT2D eigenvalue weighted by molar-refractivity contribution is 7.71. The number of amides is 2. The summed E-state index contributed by atoms with van der Waals surface area (Å²) in [5.74, 6) is -0.929. The highest BCUT2D eigenvalue weighted by atomic mass is 32.1. The van der Waals surface area contributed by atoms with E-state index in [-0.39, 0.29) is 12.0 Å². The number of fused-ring (bicyclic) bond motifs is 1. The lowest BCUT2D eigenvalue weighted by molar-refractivity contribution is -0.136. The monoisotopic (exact) mass is 488 g/mol. The summed E-state index contributed by atoms with van der Waals surface area (Å²) >= 11 is 5.68. The smallest absolute Gasteiger partial charge is 0.323 e. The normalized spacial score (nSPS) is 10.8. The third-order valence-electron chi connectivity index (χ3n) is 5.43. The molecule has 0 radical (unpaired) electrons. The molecule has 9 heteroatoms. The number of carboxylic acid groups (broad SMARTS) is 1. The van der Waals surface area contributed by atoms with Gasteiger partial charge in [0, 0.05) is 17.9 Å². The Bertz CT molecular complexity index is 1510. The topological polar surface area (TPSA) is 105 Å². The van der Waals surface area contributed by atoms with Crippen LogP contribution in [0.2, 0.25) is 0 Å². The van der Waals surface area contributed by atoms with Crippen molar-refractivity contribution >= 4 is 46.5 Å². The van der Waals surface area contributed by atoms with E-state index >= 15 is 0 Å². The van der Waals surface area contributed by atoms with Gasteiger partial charge in [0.2, 0.25) is 0 Å². The zero-order valence-corrected chi connectivity index (χ0v) is 19.8. The molecule has 0 unspecified atom stereocenters. The molecule has 0 saturated heterocycles. The summed E-state index contributed by atoms with van der Waals surface area (Å²) in [6, 6.07) is 20.5. The summed E-state index contributed by atoms with van der Waals surface area (Å²) in [4.78, 5) is 37.0. The van der Waals surface area contributed by atoms with Crippen LogP contribution in [0.5, 0.6) is 0 Å². The number of nitrogens with one attached hydrogen (secondary N) is 2. The lowest BCUT2D eigenvalue weighted by Crippen LogP contribution is -2.25. The molecule has 178 valence electrons. The maximum Gasteiger partial charge on any atom is 0.323 e. The SMILES string of the molecule is CCCn1c(=S)n(-c2ccc(CC(=O)O)cc2)c(=O)c2cc(NC(=O)Nc3ccccc3)ccc21. The number of nitrogens with zero attached hydrogens (tertiary/aromatic N) is 2. The molecule has 0 spiro atoms. The molecule has 4 aromatic rings. The van der Waals surface area contributed by atoms with Crippen LogP contribution in [0.1, 0.15) is 18.9 Å². The van der Waals surface area contributed by atoms with Crippen molar-refractivity contribution in [3.8, 4) is 5.69 Å². The van der Waals surface area contributed by atoms with Gasteiger partial charge in [-0.05, 0) is 66.7 Å². The number of carbonyl (C=O) groups excluding carboxylic acids is 1. The van der Waals surface area contributed by atoms with Crippen LogP contribution < -0.4 is 16.2 Å². The van der Waals surface area contributed by atoms with Crippen molar-refractivity contribution in [1.82, 2.24) is 9.13 Å². The summed E-state index contributed by atoms with van der Waals surface area (Å²) in [5.41, 5.74) is 2.63. The lowest BCUT2D eigenvalue weighted by Gasteiger charge is -2.17. The molecule has 2 amide bonds. The highest BCUT2D eigenvalue weighted by Gasteiger charge is 2.14. The van der Waals surface area contributed by atoms with Crippen molar-refractivity contribution in [2.24, 2.45) is 0 Å². The summed E-state index contributed by atoms with van der Waals surface area (Å²) in [6.07, 6.45) is 0.697. The zero-order valence-electron chi connectivity index (χ0n) is 19.0. The third-order valence-corrected chi connectivity index (χ3v) is 5.83. The van der Waals surface area contributed by atoms with Crippen molar-refractivity contribution in [2.75, 3.05) is 10.6 Å². The molecule has 3 aromatic carbocycles. The van der Waals surface area contributed by atoms with E-state index in [9.17, 15) is 14.4 Å². The van der Waals surface area contributed by atoms with E-state index in [1.807, 2.05) is 29.7 Å². The van der Waals surface area contributed by atoms with E-state index in [4.69, 9.17) is 17.3 Å². The molecule has 8 nitrogen and oxygen atoms in total. The van der Waals surface area contributed by atoms with Crippen LogP contribution in [0, 0.1) is 4.77 Å². The van der Waals surface area contributed by atoms with Crippen molar-refractivity contribution in [2.45, 2.75) is 26.3 Å². The van der Waals surface area contributed by atoms with E-state index in [0.717, 1.165) is 6.42 Å². The van der Waals surface area contributed by atoms with Crippen LogP contribution in [0.3, 0.4) is 0 Å². The Morgan fingerprint density at radius 3 is 2.29 bits per heavy atom. The minimum atomic E-state index is -0.929. The van der Waals surface area contributed by atoms with Crippen molar-refractivity contribution < 1.29 is 14.7 Å². The van der Waals surface area contributed by atoms with Gasteiger partial charge in [0.15, 0.2) is 4.77 Å². The molecular weight excluding hydrogens is 464 g/mol. The van der Waals surface area contributed by atoms with Gasteiger partial charge in [0.1, 0.15) is 0 Å². The number of carboxylic acids is 1. The number of hydrogen-bond acceptors (Lipinski definition) is 4. The van der Waals surface area contributed by atoms with E-state index in [1.54, 1.807) is 54.6 Å². The first-order chi connectivity index (χ1) is 16.9. The number of benzene rings is 3. The number of hydrogen-bond donors (Lipinski definition) is 3. The predicted molar refractivity (Wildman–Crippen MR) is 139 cm³/mol. The van der Waals surface area contributed by atoms with Crippen LogP contribution in [0.15, 0.2) is 77.6 Å². The van der Waals surface area contributed by atoms with Gasteiger partial charge in [-0.3, -0.25) is 14.2 Å². The molecule has 3 N–H and O–H groups in total. The summed E-state index contributed by atoms with van der Waals surface area (Å²) in [7, 11) is 0. The first-order valence-corrected chi connectivity index (χ1v) is 11.5. The van der Waals surface area contributed by atoms with Gasteiger partial charge in [0.25, 0.3) is 5.56 Å². The molecule has 0 bridgehead atoms. The molecule has 0 aliphatic rings. The number of para-hydroxylation sites is 1. The third kappa shape index (κ3) is 5.30. The van der Waals surface area contributed by atoms with Crippen LogP contribution in [0.4, 0.5) is 16.2 Å². The summed E-state index contributed by atoms with van der Waals surface area (Å²) in [6.45, 7) is 2.63. The van der Waals surface area contributed by atoms with E-state index in [2.05, 4.69) is 10.6 Å². The zero-order chi connectivity index (χ0) is 24.9. The highest BCUT2D eigenvalue weighted by Crippen LogP contribution is 2.20. The van der Waals surface area contributed by atoms with Crippen molar-refractivity contribution in [3.05, 3.63) is 93.5 Å². The molecule has 0 fully saturated rings. The number of aromatic nitrogens is 2. The first-order valence-electron chi connectivity index (χ1n) is 11.1. The molecule has 1 aromatic heterocycles. The number of urea groups is 1. The summed E-state index contributed by atoms with van der Waals surface area (Å²) in [5, 5.41) is 14.9. The molecule has 4 rings (SSSR count). The quantitative estimate of drug-likeness (QED) is 0.310. The molecule has 0 aliphatic carbocycles. The second-order valence-corrected chi connectivity index (χ2v) is 8.35. The molecule has 0 saturated carbocycles. The van der Waals surface area contributed by atoms with Crippen LogP contribution in [0.25, 0.3) is 16.6 Å². The Morgan fingerprint density at radius 1 is 0.943 bits per heavy atom. The van der Waals surface area contributed by atoms with Gasteiger partial charge in [-0.1, -0.05) is 37.3 Å². The Kier molecular flexibility index (Phi) is 7.07. The van der Waals surface area contributed by atoms with Crippen molar-refractivity contribution in [3.63, 3.8) is 0 Å². The average Bonchev–Trinajstić information content (AvgIpc) is 2.83. The van der Waals surface area contributed by atoms with E-state index in [1.165, 1.54) is 4.57 Å². The minimum absolute atomic E-state index is 0.108. The average molecular weight is 489 g/mol. The van der Waals surface area contributed by atoms with Crippen LogP contribution >= 0.6 is 12.2 Å². The van der Waals surface area contributed by atoms with E-state index < -0.39 is 12.0 Å². The maximum atomic E-state index is 13.6. The van der Waals surface area contributed by atoms with Crippen LogP contribution in [-0.2, 0) is 17.8 Å². The number of carbonyl (C=O) groups is 2. The fraction of sp³-hybridized carbons (Fsp3) is 0.154. The Morgan fingerprint density at radius 2 is 1.63 bits per heavy atom.